The Kier molecular flexibility index (Phi) is 5.41. The van der Waals surface area contributed by atoms with Crippen molar-refractivity contribution in [1.29, 1.82) is 5.26 Å². The number of nitriles is 1. The molecule has 0 amide bonds. The van der Waals surface area contributed by atoms with Gasteiger partial charge in [0.1, 0.15) is 11.9 Å². The molecule has 1 aliphatic rings. The Morgan fingerprint density at radius 1 is 1.16 bits per heavy atom. The first-order valence-electron chi connectivity index (χ1n) is 8.54. The lowest BCUT2D eigenvalue weighted by Gasteiger charge is -2.34. The van der Waals surface area contributed by atoms with Gasteiger partial charge in [-0.3, -0.25) is 4.90 Å². The summed E-state index contributed by atoms with van der Waals surface area (Å²) in [6.45, 7) is 9.50. The zero-order valence-electron chi connectivity index (χ0n) is 14.7. The van der Waals surface area contributed by atoms with Crippen LogP contribution in [0.2, 0.25) is 0 Å². The van der Waals surface area contributed by atoms with E-state index in [9.17, 15) is 0 Å². The number of hydrogen-bond donors (Lipinski definition) is 1. The van der Waals surface area contributed by atoms with E-state index in [2.05, 4.69) is 36.1 Å². The average Bonchev–Trinajstić information content (AvgIpc) is 2.63. The molecule has 0 saturated carbocycles. The second-order valence-electron chi connectivity index (χ2n) is 6.20. The number of hydrogen-bond acceptors (Lipinski definition) is 7. The van der Waals surface area contributed by atoms with Crippen LogP contribution in [0.15, 0.2) is 24.5 Å². The molecule has 25 heavy (non-hydrogen) atoms. The van der Waals surface area contributed by atoms with E-state index >= 15 is 0 Å². The van der Waals surface area contributed by atoms with E-state index in [1.165, 1.54) is 0 Å². The summed E-state index contributed by atoms with van der Waals surface area (Å²) in [7, 11) is 0. The Morgan fingerprint density at radius 3 is 2.52 bits per heavy atom. The molecule has 7 nitrogen and oxygen atoms in total. The fourth-order valence-corrected chi connectivity index (χ4v) is 3.06. The van der Waals surface area contributed by atoms with E-state index < -0.39 is 0 Å². The Balaban J connectivity index is 1.46. The summed E-state index contributed by atoms with van der Waals surface area (Å²) in [4.78, 5) is 17.7. The third kappa shape index (κ3) is 4.22. The fraction of sp³-hybridized carbons (Fsp3) is 0.444. The zero-order valence-corrected chi connectivity index (χ0v) is 14.7. The Bertz CT molecular complexity index is 723. The summed E-state index contributed by atoms with van der Waals surface area (Å²) in [5, 5.41) is 12.5. The van der Waals surface area contributed by atoms with Crippen molar-refractivity contribution in [1.82, 2.24) is 19.9 Å². The third-order valence-corrected chi connectivity index (χ3v) is 4.45. The van der Waals surface area contributed by atoms with Crippen molar-refractivity contribution in [2.75, 3.05) is 49.5 Å². The van der Waals surface area contributed by atoms with Gasteiger partial charge in [0.05, 0.1) is 11.3 Å². The van der Waals surface area contributed by atoms with Crippen molar-refractivity contribution in [3.05, 3.63) is 41.3 Å². The maximum Gasteiger partial charge on any atom is 0.225 e. The molecule has 2 aromatic heterocycles. The van der Waals surface area contributed by atoms with Crippen molar-refractivity contribution in [2.45, 2.75) is 13.8 Å². The van der Waals surface area contributed by atoms with Gasteiger partial charge in [0.2, 0.25) is 5.95 Å². The molecule has 0 unspecified atom stereocenters. The molecule has 1 fully saturated rings. The number of aromatic nitrogens is 3. The van der Waals surface area contributed by atoms with Gasteiger partial charge in [-0.05, 0) is 31.5 Å². The molecule has 130 valence electrons. The molecule has 1 aliphatic heterocycles. The summed E-state index contributed by atoms with van der Waals surface area (Å²) in [5.74, 6) is 1.65. The second kappa shape index (κ2) is 7.90. The highest BCUT2D eigenvalue weighted by molar-refractivity contribution is 5.48. The van der Waals surface area contributed by atoms with E-state index in [1.807, 2.05) is 26.0 Å². The van der Waals surface area contributed by atoms with Crippen LogP contribution in [0, 0.1) is 25.2 Å². The van der Waals surface area contributed by atoms with Gasteiger partial charge in [0.25, 0.3) is 0 Å². The first-order chi connectivity index (χ1) is 12.2. The minimum Gasteiger partial charge on any atom is -0.369 e. The number of rotatable bonds is 5. The van der Waals surface area contributed by atoms with Gasteiger partial charge in [-0.1, -0.05) is 0 Å². The molecule has 0 aliphatic carbocycles. The molecule has 3 rings (SSSR count). The van der Waals surface area contributed by atoms with Gasteiger partial charge in [-0.2, -0.15) is 5.26 Å². The van der Waals surface area contributed by atoms with Gasteiger partial charge in [-0.15, -0.1) is 0 Å². The van der Waals surface area contributed by atoms with Crippen LogP contribution >= 0.6 is 0 Å². The highest BCUT2D eigenvalue weighted by atomic mass is 15.3. The third-order valence-electron chi connectivity index (χ3n) is 4.45. The molecule has 1 saturated heterocycles. The highest BCUT2D eigenvalue weighted by Crippen LogP contribution is 2.15. The maximum atomic E-state index is 9.11. The second-order valence-corrected chi connectivity index (χ2v) is 6.20. The van der Waals surface area contributed by atoms with Gasteiger partial charge < -0.3 is 10.2 Å². The molecule has 1 N–H and O–H groups in total. The molecule has 0 aromatic carbocycles. The van der Waals surface area contributed by atoms with Crippen LogP contribution in [0.25, 0.3) is 0 Å². The number of nitrogens with zero attached hydrogens (tertiary/aromatic N) is 6. The Labute approximate surface area is 148 Å². The van der Waals surface area contributed by atoms with Crippen LogP contribution in [-0.2, 0) is 0 Å². The predicted molar refractivity (Wildman–Crippen MR) is 97.6 cm³/mol. The molecule has 3 heterocycles. The molecular weight excluding hydrogens is 314 g/mol. The molecule has 0 spiro atoms. The number of pyridine rings is 1. The lowest BCUT2D eigenvalue weighted by atomic mass is 10.1. The number of aryl methyl sites for hydroxylation is 2. The Hall–Kier alpha value is -2.72. The lowest BCUT2D eigenvalue weighted by molar-refractivity contribution is 0.266. The molecular formula is C18H23N7. The van der Waals surface area contributed by atoms with Crippen molar-refractivity contribution in [3.8, 4) is 6.07 Å². The van der Waals surface area contributed by atoms with Crippen LogP contribution in [0.4, 0.5) is 11.8 Å². The predicted octanol–water partition coefficient (Wildman–Crippen LogP) is 1.59. The van der Waals surface area contributed by atoms with E-state index in [0.29, 0.717) is 5.56 Å². The molecule has 0 radical (unpaired) electrons. The maximum absolute atomic E-state index is 9.11. The summed E-state index contributed by atoms with van der Waals surface area (Å²) in [5.41, 5.74) is 2.42. The van der Waals surface area contributed by atoms with E-state index in [4.69, 9.17) is 5.26 Å². The summed E-state index contributed by atoms with van der Waals surface area (Å²) in [6, 6.07) is 5.98. The summed E-state index contributed by atoms with van der Waals surface area (Å²) in [6.07, 6.45) is 3.57. The lowest BCUT2D eigenvalue weighted by Crippen LogP contribution is -2.48. The van der Waals surface area contributed by atoms with Gasteiger partial charge >= 0.3 is 0 Å². The molecule has 7 heteroatoms. The van der Waals surface area contributed by atoms with E-state index in [-0.39, 0.29) is 0 Å². The first-order valence-corrected chi connectivity index (χ1v) is 8.54. The van der Waals surface area contributed by atoms with Crippen LogP contribution < -0.4 is 10.2 Å². The van der Waals surface area contributed by atoms with E-state index in [0.717, 1.165) is 62.3 Å². The SMILES string of the molecule is Cc1cc(NCCN2CCN(c3ncccn3)CC2)nc(C)c1C#N. The standard InChI is InChI=1S/C18H23N7/c1-14-12-17(23-15(2)16(14)13-19)20-6-7-24-8-10-25(11-9-24)18-21-4-3-5-22-18/h3-5,12H,6-11H2,1-2H3,(H,20,23). The largest absolute Gasteiger partial charge is 0.369 e. The number of anilines is 2. The van der Waals surface area contributed by atoms with Gasteiger partial charge in [-0.25, -0.2) is 15.0 Å². The zero-order chi connectivity index (χ0) is 17.6. The molecule has 2 aromatic rings. The van der Waals surface area contributed by atoms with Crippen molar-refractivity contribution in [3.63, 3.8) is 0 Å². The smallest absolute Gasteiger partial charge is 0.225 e. The topological polar surface area (TPSA) is 81.0 Å². The highest BCUT2D eigenvalue weighted by Gasteiger charge is 2.18. The van der Waals surface area contributed by atoms with Crippen LogP contribution in [-0.4, -0.2) is 59.1 Å². The summed E-state index contributed by atoms with van der Waals surface area (Å²) >= 11 is 0. The van der Waals surface area contributed by atoms with Crippen molar-refractivity contribution >= 4 is 11.8 Å². The molecule has 0 bridgehead atoms. The van der Waals surface area contributed by atoms with Crippen LogP contribution in [0.3, 0.4) is 0 Å². The molecule has 0 atom stereocenters. The van der Waals surface area contributed by atoms with Crippen molar-refractivity contribution in [2.24, 2.45) is 0 Å². The van der Waals surface area contributed by atoms with Crippen LogP contribution in [0.5, 0.6) is 0 Å². The monoisotopic (exact) mass is 337 g/mol. The van der Waals surface area contributed by atoms with Crippen molar-refractivity contribution < 1.29 is 0 Å². The number of piperazine rings is 1. The number of nitrogens with one attached hydrogen (secondary N) is 1. The minimum absolute atomic E-state index is 0.671. The minimum atomic E-state index is 0.671. The quantitative estimate of drug-likeness (QED) is 0.887. The first kappa shape index (κ1) is 17.1. The van der Waals surface area contributed by atoms with Gasteiger partial charge in [0.15, 0.2) is 0 Å². The van der Waals surface area contributed by atoms with E-state index in [1.54, 1.807) is 12.4 Å². The Morgan fingerprint density at radius 2 is 1.88 bits per heavy atom. The summed E-state index contributed by atoms with van der Waals surface area (Å²) < 4.78 is 0. The average molecular weight is 337 g/mol. The fourth-order valence-electron chi connectivity index (χ4n) is 3.06. The normalized spacial score (nSPS) is 15.0. The van der Waals surface area contributed by atoms with Crippen LogP contribution in [0.1, 0.15) is 16.8 Å². The van der Waals surface area contributed by atoms with Gasteiger partial charge in [0, 0.05) is 51.7 Å².